The number of pyridine rings is 1. The first-order chi connectivity index (χ1) is 9.99. The zero-order valence-corrected chi connectivity index (χ0v) is 10.6. The molecular weight excluding hydrogens is 281 g/mol. The normalized spacial score (nSPS) is 10.1. The van der Waals surface area contributed by atoms with Crippen molar-refractivity contribution in [1.82, 2.24) is 4.98 Å². The lowest BCUT2D eigenvalue weighted by Crippen LogP contribution is -2.10. The molecule has 108 valence electrons. The first-order valence-corrected chi connectivity index (χ1v) is 5.84. The first kappa shape index (κ1) is 14.4. The van der Waals surface area contributed by atoms with Crippen molar-refractivity contribution >= 4 is 17.5 Å². The van der Waals surface area contributed by atoms with E-state index in [-0.39, 0.29) is 17.9 Å². The van der Waals surface area contributed by atoms with Crippen LogP contribution in [0.2, 0.25) is 0 Å². The zero-order valence-electron chi connectivity index (χ0n) is 10.6. The van der Waals surface area contributed by atoms with Crippen LogP contribution >= 0.6 is 0 Å². The molecule has 21 heavy (non-hydrogen) atoms. The van der Waals surface area contributed by atoms with Crippen LogP contribution in [-0.2, 0) is 6.54 Å². The van der Waals surface area contributed by atoms with E-state index in [0.29, 0.717) is 5.56 Å². The highest BCUT2D eigenvalue weighted by atomic mass is 19.1. The van der Waals surface area contributed by atoms with E-state index in [1.165, 1.54) is 18.2 Å². The minimum absolute atomic E-state index is 0.0117. The zero-order chi connectivity index (χ0) is 15.4. The number of nitrogens with one attached hydrogen (secondary N) is 1. The van der Waals surface area contributed by atoms with E-state index < -0.39 is 22.4 Å². The molecule has 2 N–H and O–H groups in total. The third kappa shape index (κ3) is 3.30. The number of nitro groups is 1. The van der Waals surface area contributed by atoms with Crippen molar-refractivity contribution in [2.75, 3.05) is 5.32 Å². The largest absolute Gasteiger partial charge is 0.478 e. The summed E-state index contributed by atoms with van der Waals surface area (Å²) in [5, 5.41) is 22.3. The highest BCUT2D eigenvalue weighted by Crippen LogP contribution is 2.20. The van der Waals surface area contributed by atoms with Crippen molar-refractivity contribution in [1.29, 1.82) is 0 Å². The van der Waals surface area contributed by atoms with Gasteiger partial charge in [0.15, 0.2) is 0 Å². The van der Waals surface area contributed by atoms with Gasteiger partial charge in [-0.05, 0) is 6.07 Å². The lowest BCUT2D eigenvalue weighted by Gasteiger charge is -2.09. The number of aromatic carboxylic acids is 1. The highest BCUT2D eigenvalue weighted by Gasteiger charge is 2.17. The van der Waals surface area contributed by atoms with E-state index in [0.717, 1.165) is 12.3 Å². The van der Waals surface area contributed by atoms with Gasteiger partial charge < -0.3 is 10.4 Å². The van der Waals surface area contributed by atoms with Crippen LogP contribution in [0.15, 0.2) is 36.5 Å². The van der Waals surface area contributed by atoms with E-state index in [2.05, 4.69) is 10.3 Å². The molecular formula is C13H10FN3O4. The predicted octanol–water partition coefficient (Wildman–Crippen LogP) is 2.44. The van der Waals surface area contributed by atoms with Crippen LogP contribution in [0.5, 0.6) is 0 Å². The predicted molar refractivity (Wildman–Crippen MR) is 71.6 cm³/mol. The van der Waals surface area contributed by atoms with Gasteiger partial charge in [-0.3, -0.25) is 10.1 Å². The van der Waals surface area contributed by atoms with Gasteiger partial charge in [0.05, 0.1) is 4.92 Å². The van der Waals surface area contributed by atoms with E-state index in [4.69, 9.17) is 5.11 Å². The molecule has 1 heterocycles. The van der Waals surface area contributed by atoms with Gasteiger partial charge in [-0.15, -0.1) is 0 Å². The van der Waals surface area contributed by atoms with Crippen LogP contribution < -0.4 is 5.32 Å². The molecule has 7 nitrogen and oxygen atoms in total. The third-order valence-corrected chi connectivity index (χ3v) is 2.72. The molecule has 0 saturated heterocycles. The number of nitrogens with zero attached hydrogens (tertiary/aromatic N) is 2. The summed E-state index contributed by atoms with van der Waals surface area (Å²) < 4.78 is 13.5. The van der Waals surface area contributed by atoms with Gasteiger partial charge in [-0.25, -0.2) is 14.2 Å². The Bertz CT molecular complexity index is 706. The number of rotatable bonds is 5. The lowest BCUT2D eigenvalue weighted by molar-refractivity contribution is -0.385. The van der Waals surface area contributed by atoms with Gasteiger partial charge in [-0.2, -0.15) is 0 Å². The van der Waals surface area contributed by atoms with Crippen molar-refractivity contribution < 1.29 is 19.2 Å². The maximum atomic E-state index is 13.5. The first-order valence-electron chi connectivity index (χ1n) is 5.84. The standard InChI is InChI=1S/C13H10FN3O4/c14-11-4-2-1-3-8(11)6-15-12-10(13(18)19)5-9(7-16-12)17(20)21/h1-5,7H,6H2,(H,15,16)(H,18,19). The Balaban J connectivity index is 2.26. The number of halogens is 1. The van der Waals surface area contributed by atoms with Gasteiger partial charge in [-0.1, -0.05) is 18.2 Å². The summed E-state index contributed by atoms with van der Waals surface area (Å²) in [6, 6.07) is 6.89. The molecule has 0 bridgehead atoms. The Morgan fingerprint density at radius 3 is 2.76 bits per heavy atom. The van der Waals surface area contributed by atoms with Gasteiger partial charge in [0.2, 0.25) is 0 Å². The molecule has 0 unspecified atom stereocenters. The summed E-state index contributed by atoms with van der Waals surface area (Å²) in [5.41, 5.74) is -0.446. The Morgan fingerprint density at radius 1 is 1.43 bits per heavy atom. The molecule has 0 aliphatic rings. The Hall–Kier alpha value is -3.03. The van der Waals surface area contributed by atoms with Crippen molar-refractivity contribution in [3.8, 4) is 0 Å². The quantitative estimate of drug-likeness (QED) is 0.647. The number of aromatic nitrogens is 1. The number of carboxylic acid groups (broad SMARTS) is 1. The number of carboxylic acids is 1. The maximum Gasteiger partial charge on any atom is 0.339 e. The van der Waals surface area contributed by atoms with E-state index in [1.54, 1.807) is 6.07 Å². The fourth-order valence-electron chi connectivity index (χ4n) is 1.68. The minimum atomic E-state index is -1.36. The summed E-state index contributed by atoms with van der Waals surface area (Å²) in [4.78, 5) is 24.7. The summed E-state index contributed by atoms with van der Waals surface area (Å²) >= 11 is 0. The Kier molecular flexibility index (Phi) is 4.07. The van der Waals surface area contributed by atoms with Crippen LogP contribution in [0.25, 0.3) is 0 Å². The monoisotopic (exact) mass is 291 g/mol. The van der Waals surface area contributed by atoms with Crippen molar-refractivity contribution in [2.45, 2.75) is 6.54 Å². The average molecular weight is 291 g/mol. The summed E-state index contributed by atoms with van der Waals surface area (Å²) in [7, 11) is 0. The highest BCUT2D eigenvalue weighted by molar-refractivity contribution is 5.93. The van der Waals surface area contributed by atoms with Crippen LogP contribution in [0.3, 0.4) is 0 Å². The minimum Gasteiger partial charge on any atom is -0.478 e. The van der Waals surface area contributed by atoms with Gasteiger partial charge in [0.1, 0.15) is 23.4 Å². The fourth-order valence-corrected chi connectivity index (χ4v) is 1.68. The molecule has 2 aromatic rings. The van der Waals surface area contributed by atoms with Crippen molar-refractivity contribution in [2.24, 2.45) is 0 Å². The molecule has 1 aromatic carbocycles. The topological polar surface area (TPSA) is 105 Å². The summed E-state index contributed by atoms with van der Waals surface area (Å²) in [6.45, 7) is 0.0117. The van der Waals surface area contributed by atoms with E-state index in [1.807, 2.05) is 0 Å². The van der Waals surface area contributed by atoms with Gasteiger partial charge in [0, 0.05) is 18.2 Å². The van der Waals surface area contributed by atoms with E-state index in [9.17, 15) is 19.3 Å². The molecule has 2 rings (SSSR count). The number of carbonyl (C=O) groups is 1. The Labute approximate surface area is 118 Å². The number of benzene rings is 1. The lowest BCUT2D eigenvalue weighted by atomic mass is 10.2. The molecule has 1 aromatic heterocycles. The molecule has 0 spiro atoms. The second kappa shape index (κ2) is 5.95. The summed E-state index contributed by atoms with van der Waals surface area (Å²) in [5.74, 6) is -1.86. The van der Waals surface area contributed by atoms with Crippen LogP contribution in [-0.4, -0.2) is 21.0 Å². The number of hydrogen-bond acceptors (Lipinski definition) is 5. The Morgan fingerprint density at radius 2 is 2.14 bits per heavy atom. The summed E-state index contributed by atoms with van der Waals surface area (Å²) in [6.07, 6.45) is 0.941. The molecule has 8 heteroatoms. The molecule has 0 aliphatic carbocycles. The average Bonchev–Trinajstić information content (AvgIpc) is 2.46. The van der Waals surface area contributed by atoms with Gasteiger partial charge in [0.25, 0.3) is 5.69 Å². The molecule has 0 aliphatic heterocycles. The molecule has 0 amide bonds. The van der Waals surface area contributed by atoms with Crippen LogP contribution in [0.1, 0.15) is 15.9 Å². The van der Waals surface area contributed by atoms with Crippen molar-refractivity contribution in [3.05, 3.63) is 63.6 Å². The van der Waals surface area contributed by atoms with Crippen LogP contribution in [0, 0.1) is 15.9 Å². The van der Waals surface area contributed by atoms with Crippen molar-refractivity contribution in [3.63, 3.8) is 0 Å². The number of anilines is 1. The smallest absolute Gasteiger partial charge is 0.339 e. The SMILES string of the molecule is O=C(O)c1cc([N+](=O)[O-])cnc1NCc1ccccc1F. The molecule has 0 atom stereocenters. The molecule has 0 radical (unpaired) electrons. The second-order valence-electron chi connectivity index (χ2n) is 4.10. The second-order valence-corrected chi connectivity index (χ2v) is 4.10. The van der Waals surface area contributed by atoms with E-state index >= 15 is 0 Å². The van der Waals surface area contributed by atoms with Gasteiger partial charge >= 0.3 is 5.97 Å². The number of hydrogen-bond donors (Lipinski definition) is 2. The van der Waals surface area contributed by atoms with Crippen LogP contribution in [0.4, 0.5) is 15.9 Å². The maximum absolute atomic E-state index is 13.5. The fraction of sp³-hybridized carbons (Fsp3) is 0.0769. The third-order valence-electron chi connectivity index (χ3n) is 2.72. The molecule has 0 fully saturated rings. The molecule has 0 saturated carbocycles.